The molecule has 100 valence electrons. The molecule has 1 atom stereocenters. The first-order valence-electron chi connectivity index (χ1n) is 6.87. The number of anilines is 1. The Kier molecular flexibility index (Phi) is 4.17. The Labute approximate surface area is 110 Å². The van der Waals surface area contributed by atoms with E-state index in [4.69, 9.17) is 0 Å². The lowest BCUT2D eigenvalue weighted by molar-refractivity contribution is 0.488. The third-order valence-electron chi connectivity index (χ3n) is 3.67. The van der Waals surface area contributed by atoms with Crippen LogP contribution in [0.3, 0.4) is 0 Å². The van der Waals surface area contributed by atoms with Gasteiger partial charge in [-0.05, 0) is 32.7 Å². The van der Waals surface area contributed by atoms with Crippen LogP contribution < -0.4 is 10.2 Å². The predicted octanol–water partition coefficient (Wildman–Crippen LogP) is 2.13. The second-order valence-electron chi connectivity index (χ2n) is 5.44. The fourth-order valence-corrected chi connectivity index (χ4v) is 2.80. The summed E-state index contributed by atoms with van der Waals surface area (Å²) in [5.41, 5.74) is 1.20. The molecule has 1 aliphatic rings. The average Bonchev–Trinajstić information content (AvgIpc) is 2.80. The number of aromatic nitrogens is 2. The van der Waals surface area contributed by atoms with E-state index in [1.54, 1.807) is 0 Å². The van der Waals surface area contributed by atoms with Gasteiger partial charge in [0.25, 0.3) is 0 Å². The molecule has 1 aromatic heterocycles. The lowest BCUT2D eigenvalue weighted by atomic mass is 10.0. The molecule has 0 saturated carbocycles. The molecule has 0 radical (unpaired) electrons. The van der Waals surface area contributed by atoms with Gasteiger partial charge in [0.15, 0.2) is 0 Å². The molecule has 0 bridgehead atoms. The van der Waals surface area contributed by atoms with Crippen LogP contribution in [0.5, 0.6) is 0 Å². The maximum atomic E-state index is 4.68. The highest BCUT2D eigenvalue weighted by Crippen LogP contribution is 2.30. The van der Waals surface area contributed by atoms with Crippen LogP contribution in [0.2, 0.25) is 0 Å². The molecule has 0 aromatic carbocycles. The van der Waals surface area contributed by atoms with E-state index < -0.39 is 0 Å². The summed E-state index contributed by atoms with van der Waals surface area (Å²) in [5.74, 6) is 2.66. The maximum Gasteiger partial charge on any atom is 0.137 e. The lowest BCUT2D eigenvalue weighted by Gasteiger charge is -2.30. The van der Waals surface area contributed by atoms with Crippen molar-refractivity contribution < 1.29 is 0 Å². The van der Waals surface area contributed by atoms with Crippen LogP contribution in [0.1, 0.15) is 38.1 Å². The van der Waals surface area contributed by atoms with Gasteiger partial charge >= 0.3 is 0 Å². The predicted molar refractivity (Wildman–Crippen MR) is 74.7 cm³/mol. The van der Waals surface area contributed by atoms with E-state index in [0.29, 0.717) is 12.0 Å². The van der Waals surface area contributed by atoms with Gasteiger partial charge in [-0.15, -0.1) is 0 Å². The molecule has 4 nitrogen and oxygen atoms in total. The van der Waals surface area contributed by atoms with Crippen LogP contribution in [-0.2, 0) is 6.54 Å². The minimum absolute atomic E-state index is 0.620. The van der Waals surface area contributed by atoms with E-state index in [2.05, 4.69) is 34.0 Å². The summed E-state index contributed by atoms with van der Waals surface area (Å²) in [6.45, 7) is 8.52. The van der Waals surface area contributed by atoms with Crippen molar-refractivity contribution in [2.45, 2.75) is 46.2 Å². The summed E-state index contributed by atoms with van der Waals surface area (Å²) in [5, 5.41) is 3.20. The Morgan fingerprint density at radius 3 is 2.94 bits per heavy atom. The fourth-order valence-electron chi connectivity index (χ4n) is 2.80. The SMILES string of the molecule is CNCc1cnc(C)nc1N1CCCC1C(C)C. The van der Waals surface area contributed by atoms with E-state index in [-0.39, 0.29) is 0 Å². The summed E-state index contributed by atoms with van der Waals surface area (Å²) in [7, 11) is 1.97. The molecular formula is C14H24N4. The molecule has 0 spiro atoms. The van der Waals surface area contributed by atoms with Gasteiger partial charge < -0.3 is 10.2 Å². The third-order valence-corrected chi connectivity index (χ3v) is 3.67. The van der Waals surface area contributed by atoms with Gasteiger partial charge in [0, 0.05) is 30.9 Å². The first-order valence-corrected chi connectivity index (χ1v) is 6.87. The van der Waals surface area contributed by atoms with E-state index in [1.165, 1.54) is 18.4 Å². The molecule has 1 unspecified atom stereocenters. The second-order valence-corrected chi connectivity index (χ2v) is 5.44. The molecule has 0 amide bonds. The average molecular weight is 248 g/mol. The standard InChI is InChI=1S/C14H24N4/c1-10(2)13-6-5-7-18(13)14-12(8-15-4)9-16-11(3)17-14/h9-10,13,15H,5-8H2,1-4H3. The highest BCUT2D eigenvalue weighted by Gasteiger charge is 2.29. The number of aryl methyl sites for hydroxylation is 1. The minimum Gasteiger partial charge on any atom is -0.353 e. The summed E-state index contributed by atoms with van der Waals surface area (Å²) in [6, 6.07) is 0.620. The molecule has 1 N–H and O–H groups in total. The number of hydrogen-bond donors (Lipinski definition) is 1. The number of rotatable bonds is 4. The zero-order valence-electron chi connectivity index (χ0n) is 11.9. The summed E-state index contributed by atoms with van der Waals surface area (Å²) in [4.78, 5) is 11.5. The summed E-state index contributed by atoms with van der Waals surface area (Å²) < 4.78 is 0. The van der Waals surface area contributed by atoms with Gasteiger partial charge in [-0.1, -0.05) is 13.8 Å². The molecule has 0 aliphatic carbocycles. The largest absolute Gasteiger partial charge is 0.353 e. The van der Waals surface area contributed by atoms with Crippen molar-refractivity contribution in [1.82, 2.24) is 15.3 Å². The van der Waals surface area contributed by atoms with Crippen molar-refractivity contribution >= 4 is 5.82 Å². The molecule has 18 heavy (non-hydrogen) atoms. The van der Waals surface area contributed by atoms with Crippen LogP contribution in [0, 0.1) is 12.8 Å². The Morgan fingerprint density at radius 2 is 2.28 bits per heavy atom. The first kappa shape index (κ1) is 13.3. The van der Waals surface area contributed by atoms with Crippen LogP contribution in [0.25, 0.3) is 0 Å². The van der Waals surface area contributed by atoms with Crippen molar-refractivity contribution in [1.29, 1.82) is 0 Å². The highest BCUT2D eigenvalue weighted by atomic mass is 15.2. The van der Waals surface area contributed by atoms with E-state index in [1.807, 2.05) is 20.2 Å². The summed E-state index contributed by atoms with van der Waals surface area (Å²) >= 11 is 0. The Hall–Kier alpha value is -1.16. The van der Waals surface area contributed by atoms with Crippen molar-refractivity contribution in [2.75, 3.05) is 18.5 Å². The quantitative estimate of drug-likeness (QED) is 0.886. The van der Waals surface area contributed by atoms with E-state index in [0.717, 1.165) is 24.7 Å². The molecule has 2 heterocycles. The zero-order chi connectivity index (χ0) is 13.1. The van der Waals surface area contributed by atoms with Crippen LogP contribution in [0.4, 0.5) is 5.82 Å². The van der Waals surface area contributed by atoms with Gasteiger partial charge in [-0.25, -0.2) is 9.97 Å². The molecule has 1 fully saturated rings. The first-order chi connectivity index (χ1) is 8.63. The second kappa shape index (κ2) is 5.65. The highest BCUT2D eigenvalue weighted by molar-refractivity contribution is 5.48. The number of nitrogens with one attached hydrogen (secondary N) is 1. The van der Waals surface area contributed by atoms with Crippen molar-refractivity contribution in [3.05, 3.63) is 17.6 Å². The van der Waals surface area contributed by atoms with Gasteiger partial charge in [0.1, 0.15) is 11.6 Å². The Balaban J connectivity index is 2.33. The molecule has 1 saturated heterocycles. The molecule has 4 heteroatoms. The molecular weight excluding hydrogens is 224 g/mol. The Morgan fingerprint density at radius 1 is 1.50 bits per heavy atom. The van der Waals surface area contributed by atoms with Gasteiger partial charge in [-0.3, -0.25) is 0 Å². The van der Waals surface area contributed by atoms with Crippen LogP contribution in [-0.4, -0.2) is 29.6 Å². The van der Waals surface area contributed by atoms with Gasteiger partial charge in [-0.2, -0.15) is 0 Å². The van der Waals surface area contributed by atoms with Crippen LogP contribution >= 0.6 is 0 Å². The topological polar surface area (TPSA) is 41.1 Å². The third kappa shape index (κ3) is 2.64. The monoisotopic (exact) mass is 248 g/mol. The van der Waals surface area contributed by atoms with Crippen molar-refractivity contribution in [3.8, 4) is 0 Å². The maximum absolute atomic E-state index is 4.68. The van der Waals surface area contributed by atoms with Gasteiger partial charge in [0.2, 0.25) is 0 Å². The van der Waals surface area contributed by atoms with Crippen molar-refractivity contribution in [2.24, 2.45) is 5.92 Å². The zero-order valence-corrected chi connectivity index (χ0v) is 11.9. The molecule has 2 rings (SSSR count). The number of nitrogens with zero attached hydrogens (tertiary/aromatic N) is 3. The van der Waals surface area contributed by atoms with E-state index >= 15 is 0 Å². The Bertz CT molecular complexity index is 403. The fraction of sp³-hybridized carbons (Fsp3) is 0.714. The van der Waals surface area contributed by atoms with Crippen molar-refractivity contribution in [3.63, 3.8) is 0 Å². The lowest BCUT2D eigenvalue weighted by Crippen LogP contribution is -2.35. The number of hydrogen-bond acceptors (Lipinski definition) is 4. The van der Waals surface area contributed by atoms with Crippen LogP contribution in [0.15, 0.2) is 6.20 Å². The minimum atomic E-state index is 0.620. The summed E-state index contributed by atoms with van der Waals surface area (Å²) in [6.07, 6.45) is 4.51. The van der Waals surface area contributed by atoms with Gasteiger partial charge in [0.05, 0.1) is 0 Å². The normalized spacial score (nSPS) is 19.8. The van der Waals surface area contributed by atoms with E-state index in [9.17, 15) is 0 Å². The smallest absolute Gasteiger partial charge is 0.137 e. The molecule has 1 aliphatic heterocycles. The molecule has 1 aromatic rings.